The van der Waals surface area contributed by atoms with Crippen molar-refractivity contribution in [2.75, 3.05) is 13.1 Å². The predicted molar refractivity (Wildman–Crippen MR) is 103 cm³/mol. The van der Waals surface area contributed by atoms with Gasteiger partial charge in [0.1, 0.15) is 0 Å². The highest BCUT2D eigenvalue weighted by Crippen LogP contribution is 2.64. The summed E-state index contributed by atoms with van der Waals surface area (Å²) in [5.74, 6) is 2.51. The average Bonchev–Trinajstić information content (AvgIpc) is 3.20. The van der Waals surface area contributed by atoms with Gasteiger partial charge in [0.2, 0.25) is 0 Å². The van der Waals surface area contributed by atoms with Crippen LogP contribution in [0.2, 0.25) is 0 Å². The fraction of sp³-hybridized carbons (Fsp3) is 0.870. The van der Waals surface area contributed by atoms with E-state index in [1.165, 1.54) is 31.3 Å². The number of hydrogen-bond acceptors (Lipinski definition) is 3. The fourth-order valence-corrected chi connectivity index (χ4v) is 8.03. The molecule has 0 aromatic heterocycles. The lowest BCUT2D eigenvalue weighted by Crippen LogP contribution is -2.54. The monoisotopic (exact) mass is 357 g/mol. The van der Waals surface area contributed by atoms with Crippen LogP contribution in [0.25, 0.3) is 0 Å². The molecule has 1 heterocycles. The first-order valence-corrected chi connectivity index (χ1v) is 11.1. The zero-order valence-corrected chi connectivity index (χ0v) is 16.5. The Balaban J connectivity index is 1.47. The van der Waals surface area contributed by atoms with E-state index in [2.05, 4.69) is 24.8 Å². The maximum atomic E-state index is 13.1. The maximum absolute atomic E-state index is 13.1. The Bertz CT molecular complexity index is 636. The number of likely N-dealkylation sites (tertiary alicyclic amines) is 1. The number of fused-ring (bicyclic) bond motifs is 5. The molecule has 0 spiro atoms. The third-order valence-electron chi connectivity index (χ3n) is 9.37. The molecule has 4 aliphatic carbocycles. The Morgan fingerprint density at radius 3 is 2.62 bits per heavy atom. The summed E-state index contributed by atoms with van der Waals surface area (Å²) >= 11 is 0. The number of aliphatic hydroxyl groups excluding tert-OH is 1. The van der Waals surface area contributed by atoms with E-state index in [1.54, 1.807) is 0 Å². The molecule has 0 bridgehead atoms. The van der Waals surface area contributed by atoms with Crippen molar-refractivity contribution >= 4 is 5.78 Å². The van der Waals surface area contributed by atoms with E-state index in [1.807, 2.05) is 0 Å². The fourth-order valence-electron chi connectivity index (χ4n) is 8.03. The van der Waals surface area contributed by atoms with Crippen molar-refractivity contribution in [3.8, 4) is 0 Å². The zero-order chi connectivity index (χ0) is 18.1. The van der Waals surface area contributed by atoms with E-state index >= 15 is 0 Å². The van der Waals surface area contributed by atoms with Crippen molar-refractivity contribution in [3.05, 3.63) is 11.6 Å². The summed E-state index contributed by atoms with van der Waals surface area (Å²) in [6.07, 6.45) is 12.3. The molecule has 26 heavy (non-hydrogen) atoms. The van der Waals surface area contributed by atoms with Gasteiger partial charge in [-0.3, -0.25) is 9.69 Å². The Morgan fingerprint density at radius 2 is 1.85 bits per heavy atom. The number of Topliss-reactive ketones (excluding diaryl/α,β-unsaturated/α-hetero) is 1. The molecule has 0 radical (unpaired) electrons. The van der Waals surface area contributed by atoms with Crippen molar-refractivity contribution < 1.29 is 9.90 Å². The lowest BCUT2D eigenvalue weighted by molar-refractivity contribution is -0.123. The molecule has 144 valence electrons. The molecule has 3 nitrogen and oxygen atoms in total. The standard InChI is InChI=1S/C23H35NO2/c1-22-9-7-16(25)13-15(22)5-6-17-18(22)8-10-23(2)19(17)14-20(26)21(23)24-11-3-4-12-24/h5,16-19,21,25H,3-4,6-14H2,1-2H3/t16?,17-,18-,19+,21?,22+,23+/m1/s1. The van der Waals surface area contributed by atoms with Gasteiger partial charge in [0.25, 0.3) is 0 Å². The summed E-state index contributed by atoms with van der Waals surface area (Å²) in [5.41, 5.74) is 2.00. The lowest BCUT2D eigenvalue weighted by atomic mass is 9.48. The summed E-state index contributed by atoms with van der Waals surface area (Å²) < 4.78 is 0. The SMILES string of the molecule is C[C@]12CCC(O)CC1=CC[C@@H]1[C@H]2CC[C@]2(C)C(N3CCCC3)C(=O)C[C@@H]12. The van der Waals surface area contributed by atoms with Crippen LogP contribution in [0.4, 0.5) is 0 Å². The minimum absolute atomic E-state index is 0.132. The maximum Gasteiger partial charge on any atom is 0.150 e. The van der Waals surface area contributed by atoms with E-state index in [0.29, 0.717) is 17.6 Å². The Labute approximate surface area is 158 Å². The molecular weight excluding hydrogens is 322 g/mol. The number of nitrogens with zero attached hydrogens (tertiary/aromatic N) is 1. The molecule has 3 saturated carbocycles. The summed E-state index contributed by atoms with van der Waals surface area (Å²) in [6, 6.07) is 0.197. The second-order valence-corrected chi connectivity index (χ2v) is 10.5. The third-order valence-corrected chi connectivity index (χ3v) is 9.37. The molecule has 1 aliphatic heterocycles. The number of carbonyl (C=O) groups is 1. The van der Waals surface area contributed by atoms with E-state index in [0.717, 1.165) is 51.1 Å². The Morgan fingerprint density at radius 1 is 1.08 bits per heavy atom. The van der Waals surface area contributed by atoms with Gasteiger partial charge in [-0.2, -0.15) is 0 Å². The predicted octanol–water partition coefficient (Wildman–Crippen LogP) is 3.95. The molecule has 3 heteroatoms. The number of hydrogen-bond donors (Lipinski definition) is 1. The van der Waals surface area contributed by atoms with Gasteiger partial charge < -0.3 is 5.11 Å². The first-order valence-electron chi connectivity index (χ1n) is 11.1. The minimum atomic E-state index is -0.132. The topological polar surface area (TPSA) is 40.5 Å². The second-order valence-electron chi connectivity index (χ2n) is 10.5. The summed E-state index contributed by atoms with van der Waals surface area (Å²) in [4.78, 5) is 15.7. The molecule has 1 N–H and O–H groups in total. The van der Waals surface area contributed by atoms with Crippen molar-refractivity contribution in [2.24, 2.45) is 28.6 Å². The highest BCUT2D eigenvalue weighted by molar-refractivity contribution is 5.88. The molecule has 0 aromatic carbocycles. The molecule has 2 unspecified atom stereocenters. The van der Waals surface area contributed by atoms with Crippen molar-refractivity contribution in [1.29, 1.82) is 0 Å². The molecule has 4 fully saturated rings. The van der Waals surface area contributed by atoms with E-state index in [-0.39, 0.29) is 23.0 Å². The molecule has 0 amide bonds. The zero-order valence-electron chi connectivity index (χ0n) is 16.5. The summed E-state index contributed by atoms with van der Waals surface area (Å²) in [6.45, 7) is 7.19. The Kier molecular flexibility index (Phi) is 3.96. The molecule has 5 aliphatic rings. The second kappa shape index (κ2) is 5.91. The molecular formula is C23H35NO2. The van der Waals surface area contributed by atoms with Gasteiger partial charge in [0.05, 0.1) is 12.1 Å². The number of allylic oxidation sites excluding steroid dienone is 1. The van der Waals surface area contributed by atoms with Gasteiger partial charge in [-0.05, 0) is 93.0 Å². The number of rotatable bonds is 1. The van der Waals surface area contributed by atoms with Crippen LogP contribution in [0.1, 0.15) is 71.6 Å². The number of ketones is 1. The van der Waals surface area contributed by atoms with Crippen LogP contribution in [0, 0.1) is 28.6 Å². The summed E-state index contributed by atoms with van der Waals surface area (Å²) in [7, 11) is 0. The highest BCUT2D eigenvalue weighted by atomic mass is 16.3. The van der Waals surface area contributed by atoms with Gasteiger partial charge in [-0.25, -0.2) is 0 Å². The molecule has 5 rings (SSSR count). The van der Waals surface area contributed by atoms with Crippen LogP contribution in [0.3, 0.4) is 0 Å². The normalized spacial score (nSPS) is 51.6. The van der Waals surface area contributed by atoms with Crippen molar-refractivity contribution in [2.45, 2.75) is 83.8 Å². The van der Waals surface area contributed by atoms with Gasteiger partial charge in [0, 0.05) is 6.42 Å². The largest absolute Gasteiger partial charge is 0.393 e. The van der Waals surface area contributed by atoms with E-state index < -0.39 is 0 Å². The van der Waals surface area contributed by atoms with E-state index in [9.17, 15) is 9.90 Å². The van der Waals surface area contributed by atoms with Crippen molar-refractivity contribution in [1.82, 2.24) is 4.90 Å². The van der Waals surface area contributed by atoms with Gasteiger partial charge >= 0.3 is 0 Å². The number of carbonyl (C=O) groups excluding carboxylic acids is 1. The van der Waals surface area contributed by atoms with Crippen LogP contribution in [0.15, 0.2) is 11.6 Å². The van der Waals surface area contributed by atoms with Crippen LogP contribution >= 0.6 is 0 Å². The lowest BCUT2D eigenvalue weighted by Gasteiger charge is -2.58. The average molecular weight is 358 g/mol. The third kappa shape index (κ3) is 2.29. The Hall–Kier alpha value is -0.670. The molecule has 0 aromatic rings. The first-order chi connectivity index (χ1) is 12.4. The minimum Gasteiger partial charge on any atom is -0.393 e. The quantitative estimate of drug-likeness (QED) is 0.722. The smallest absolute Gasteiger partial charge is 0.150 e. The van der Waals surface area contributed by atoms with Crippen LogP contribution in [-0.2, 0) is 4.79 Å². The van der Waals surface area contributed by atoms with Crippen LogP contribution in [-0.4, -0.2) is 41.0 Å². The van der Waals surface area contributed by atoms with Gasteiger partial charge in [0.15, 0.2) is 5.78 Å². The first kappa shape index (κ1) is 17.4. The van der Waals surface area contributed by atoms with Gasteiger partial charge in [-0.1, -0.05) is 25.5 Å². The van der Waals surface area contributed by atoms with Crippen LogP contribution < -0.4 is 0 Å². The van der Waals surface area contributed by atoms with Crippen LogP contribution in [0.5, 0.6) is 0 Å². The number of aliphatic hydroxyl groups is 1. The summed E-state index contributed by atoms with van der Waals surface area (Å²) in [5, 5.41) is 10.1. The molecule has 7 atom stereocenters. The van der Waals surface area contributed by atoms with E-state index in [4.69, 9.17) is 0 Å². The molecule has 1 saturated heterocycles. The van der Waals surface area contributed by atoms with Gasteiger partial charge in [-0.15, -0.1) is 0 Å². The highest BCUT2D eigenvalue weighted by Gasteiger charge is 2.62. The van der Waals surface area contributed by atoms with Crippen molar-refractivity contribution in [3.63, 3.8) is 0 Å².